The van der Waals surface area contributed by atoms with Gasteiger partial charge in [0.2, 0.25) is 5.95 Å². The van der Waals surface area contributed by atoms with Crippen LogP contribution >= 0.6 is 0 Å². The second-order valence-corrected chi connectivity index (χ2v) is 5.63. The van der Waals surface area contributed by atoms with E-state index in [0.717, 1.165) is 24.5 Å². The van der Waals surface area contributed by atoms with Crippen molar-refractivity contribution in [2.45, 2.75) is 32.6 Å². The molecule has 3 rings (SSSR count). The van der Waals surface area contributed by atoms with E-state index in [0.29, 0.717) is 18.4 Å². The summed E-state index contributed by atoms with van der Waals surface area (Å²) >= 11 is 0. The summed E-state index contributed by atoms with van der Waals surface area (Å²) in [5, 5.41) is 11.6. The molecule has 1 aliphatic rings. The van der Waals surface area contributed by atoms with E-state index in [-0.39, 0.29) is 0 Å². The van der Waals surface area contributed by atoms with Crippen LogP contribution < -0.4 is 15.0 Å². The molecule has 0 atom stereocenters. The molecule has 0 saturated carbocycles. The van der Waals surface area contributed by atoms with E-state index < -0.39 is 0 Å². The predicted molar refractivity (Wildman–Crippen MR) is 91.4 cm³/mol. The zero-order chi connectivity index (χ0) is 15.9. The quantitative estimate of drug-likeness (QED) is 0.913. The van der Waals surface area contributed by atoms with Crippen molar-refractivity contribution < 1.29 is 4.74 Å². The second kappa shape index (κ2) is 7.76. The average molecular weight is 313 g/mol. The van der Waals surface area contributed by atoms with Gasteiger partial charge >= 0.3 is 0 Å². The number of nitrogens with zero attached hydrogens (tertiary/aromatic N) is 4. The Bertz CT molecular complexity index is 609. The lowest BCUT2D eigenvalue weighted by Gasteiger charge is -2.19. The molecule has 0 unspecified atom stereocenters. The lowest BCUT2D eigenvalue weighted by Crippen LogP contribution is -2.26. The number of hydrogen-bond acceptors (Lipinski definition) is 6. The number of nitrogens with one attached hydrogen (secondary N) is 1. The SMILES string of the molecule is CCOc1ccc(Nc2cnnc(N3CCCCCC3)n2)cc1. The molecule has 1 aliphatic heterocycles. The van der Waals surface area contributed by atoms with Gasteiger partial charge in [-0.05, 0) is 44.0 Å². The van der Waals surface area contributed by atoms with Crippen LogP contribution in [0, 0.1) is 0 Å². The predicted octanol–water partition coefficient (Wildman–Crippen LogP) is 3.39. The Morgan fingerprint density at radius 1 is 1.09 bits per heavy atom. The molecule has 1 aromatic heterocycles. The van der Waals surface area contributed by atoms with E-state index in [2.05, 4.69) is 25.4 Å². The monoisotopic (exact) mass is 313 g/mol. The summed E-state index contributed by atoms with van der Waals surface area (Å²) in [4.78, 5) is 6.83. The van der Waals surface area contributed by atoms with Crippen molar-refractivity contribution in [3.05, 3.63) is 30.5 Å². The second-order valence-electron chi connectivity index (χ2n) is 5.63. The van der Waals surface area contributed by atoms with Crippen molar-refractivity contribution in [1.82, 2.24) is 15.2 Å². The van der Waals surface area contributed by atoms with Crippen LogP contribution in [-0.2, 0) is 0 Å². The van der Waals surface area contributed by atoms with Crippen LogP contribution in [0.2, 0.25) is 0 Å². The van der Waals surface area contributed by atoms with E-state index in [9.17, 15) is 0 Å². The zero-order valence-corrected chi connectivity index (χ0v) is 13.5. The molecular weight excluding hydrogens is 290 g/mol. The molecule has 1 fully saturated rings. The lowest BCUT2D eigenvalue weighted by molar-refractivity contribution is 0.340. The normalized spacial score (nSPS) is 15.1. The van der Waals surface area contributed by atoms with Crippen LogP contribution in [0.15, 0.2) is 30.5 Å². The molecular formula is C17H23N5O. The first kappa shape index (κ1) is 15.5. The van der Waals surface area contributed by atoms with Crippen LogP contribution in [0.1, 0.15) is 32.6 Å². The smallest absolute Gasteiger partial charge is 0.247 e. The van der Waals surface area contributed by atoms with E-state index in [1.165, 1.54) is 25.7 Å². The van der Waals surface area contributed by atoms with Crippen LogP contribution in [0.5, 0.6) is 5.75 Å². The summed E-state index contributed by atoms with van der Waals surface area (Å²) in [6, 6.07) is 7.82. The van der Waals surface area contributed by atoms with Crippen LogP contribution in [0.4, 0.5) is 17.5 Å². The van der Waals surface area contributed by atoms with Gasteiger partial charge in [0, 0.05) is 18.8 Å². The van der Waals surface area contributed by atoms with Crippen LogP contribution in [0.25, 0.3) is 0 Å². The molecule has 0 aliphatic carbocycles. The molecule has 0 spiro atoms. The Morgan fingerprint density at radius 2 is 1.83 bits per heavy atom. The summed E-state index contributed by atoms with van der Waals surface area (Å²) in [6.07, 6.45) is 6.61. The summed E-state index contributed by atoms with van der Waals surface area (Å²) < 4.78 is 5.45. The number of rotatable bonds is 5. The number of aromatic nitrogens is 3. The maximum absolute atomic E-state index is 5.45. The van der Waals surface area contributed by atoms with Crippen LogP contribution in [0.3, 0.4) is 0 Å². The molecule has 1 aromatic carbocycles. The minimum Gasteiger partial charge on any atom is -0.494 e. The summed E-state index contributed by atoms with van der Waals surface area (Å²) in [5.41, 5.74) is 0.954. The molecule has 23 heavy (non-hydrogen) atoms. The first-order chi connectivity index (χ1) is 11.3. The number of hydrogen-bond donors (Lipinski definition) is 1. The first-order valence-electron chi connectivity index (χ1n) is 8.30. The van der Waals surface area contributed by atoms with Gasteiger partial charge in [-0.15, -0.1) is 5.10 Å². The minimum atomic E-state index is 0.668. The van der Waals surface area contributed by atoms with Crippen molar-refractivity contribution in [2.24, 2.45) is 0 Å². The molecule has 2 aromatic rings. The fraction of sp³-hybridized carbons (Fsp3) is 0.471. The van der Waals surface area contributed by atoms with Crippen LogP contribution in [-0.4, -0.2) is 34.9 Å². The standard InChI is InChI=1S/C17H23N5O/c1-2-23-15-9-7-14(8-10-15)19-16-13-18-21-17(20-16)22-11-5-3-4-6-12-22/h7-10,13H,2-6,11-12H2,1H3,(H,19,20,21). The van der Waals surface area contributed by atoms with Gasteiger partial charge in [0.25, 0.3) is 0 Å². The van der Waals surface area contributed by atoms with Gasteiger partial charge in [0.15, 0.2) is 5.82 Å². The van der Waals surface area contributed by atoms with Crippen molar-refractivity contribution in [3.8, 4) is 5.75 Å². The van der Waals surface area contributed by atoms with Gasteiger partial charge in [0.05, 0.1) is 12.8 Å². The van der Waals surface area contributed by atoms with Gasteiger partial charge in [-0.3, -0.25) is 0 Å². The molecule has 0 bridgehead atoms. The first-order valence-corrected chi connectivity index (χ1v) is 8.30. The maximum atomic E-state index is 5.45. The van der Waals surface area contributed by atoms with Crippen molar-refractivity contribution >= 4 is 17.5 Å². The highest BCUT2D eigenvalue weighted by molar-refractivity contribution is 5.57. The molecule has 2 heterocycles. The topological polar surface area (TPSA) is 63.2 Å². The van der Waals surface area contributed by atoms with E-state index in [4.69, 9.17) is 4.74 Å². The van der Waals surface area contributed by atoms with Crippen molar-refractivity contribution in [1.29, 1.82) is 0 Å². The van der Waals surface area contributed by atoms with Crippen molar-refractivity contribution in [3.63, 3.8) is 0 Å². The number of ether oxygens (including phenoxy) is 1. The third-order valence-corrected chi connectivity index (χ3v) is 3.87. The summed E-state index contributed by atoms with van der Waals surface area (Å²) in [6.45, 7) is 4.66. The Kier molecular flexibility index (Phi) is 5.24. The van der Waals surface area contributed by atoms with Gasteiger partial charge in [-0.25, -0.2) is 0 Å². The molecule has 1 saturated heterocycles. The molecule has 122 valence electrons. The zero-order valence-electron chi connectivity index (χ0n) is 13.5. The molecule has 6 heteroatoms. The fourth-order valence-corrected chi connectivity index (χ4v) is 2.71. The Morgan fingerprint density at radius 3 is 2.52 bits per heavy atom. The highest BCUT2D eigenvalue weighted by atomic mass is 16.5. The molecule has 1 N–H and O–H groups in total. The average Bonchev–Trinajstić information content (AvgIpc) is 2.87. The Hall–Kier alpha value is -2.37. The summed E-state index contributed by atoms with van der Waals surface area (Å²) in [5.74, 6) is 2.29. The lowest BCUT2D eigenvalue weighted by atomic mass is 10.2. The minimum absolute atomic E-state index is 0.668. The van der Waals surface area contributed by atoms with Gasteiger partial charge in [0.1, 0.15) is 5.75 Å². The highest BCUT2D eigenvalue weighted by Crippen LogP contribution is 2.20. The molecule has 0 radical (unpaired) electrons. The number of benzene rings is 1. The Labute approximate surface area is 136 Å². The van der Waals surface area contributed by atoms with Gasteiger partial charge in [-0.1, -0.05) is 12.8 Å². The van der Waals surface area contributed by atoms with E-state index >= 15 is 0 Å². The summed E-state index contributed by atoms with van der Waals surface area (Å²) in [7, 11) is 0. The highest BCUT2D eigenvalue weighted by Gasteiger charge is 2.13. The molecule has 6 nitrogen and oxygen atoms in total. The third kappa shape index (κ3) is 4.31. The largest absolute Gasteiger partial charge is 0.494 e. The van der Waals surface area contributed by atoms with E-state index in [1.807, 2.05) is 31.2 Å². The van der Waals surface area contributed by atoms with Gasteiger partial charge in [-0.2, -0.15) is 10.1 Å². The third-order valence-electron chi connectivity index (χ3n) is 3.87. The maximum Gasteiger partial charge on any atom is 0.247 e. The number of anilines is 3. The van der Waals surface area contributed by atoms with E-state index in [1.54, 1.807) is 6.20 Å². The molecule has 0 amide bonds. The Balaban J connectivity index is 1.69. The van der Waals surface area contributed by atoms with Crippen molar-refractivity contribution in [2.75, 3.05) is 29.9 Å². The van der Waals surface area contributed by atoms with Gasteiger partial charge < -0.3 is 15.0 Å². The fourth-order valence-electron chi connectivity index (χ4n) is 2.71.